The van der Waals surface area contributed by atoms with Gasteiger partial charge in [-0.25, -0.2) is 15.0 Å². The number of aliphatic hydroxyl groups is 1. The fourth-order valence-corrected chi connectivity index (χ4v) is 3.84. The fraction of sp³-hybridized carbons (Fsp3) is 0.571. The summed E-state index contributed by atoms with van der Waals surface area (Å²) < 4.78 is 17.6. The van der Waals surface area contributed by atoms with E-state index in [0.29, 0.717) is 43.5 Å². The predicted octanol–water partition coefficient (Wildman–Crippen LogP) is 3.17. The summed E-state index contributed by atoms with van der Waals surface area (Å²) in [6.07, 6.45) is 2.32. The van der Waals surface area contributed by atoms with Crippen molar-refractivity contribution in [2.75, 3.05) is 31.7 Å². The normalized spacial score (nSPS) is 15.9. The summed E-state index contributed by atoms with van der Waals surface area (Å²) in [5, 5.41) is 13.0. The van der Waals surface area contributed by atoms with Crippen molar-refractivity contribution in [3.63, 3.8) is 0 Å². The molecular weight excluding hydrogens is 372 g/mol. The Labute approximate surface area is 169 Å². The summed E-state index contributed by atoms with van der Waals surface area (Å²) >= 11 is 0. The maximum Gasteiger partial charge on any atom is 0.229 e. The number of anilines is 1. The van der Waals surface area contributed by atoms with Crippen LogP contribution >= 0.6 is 0 Å². The quantitative estimate of drug-likeness (QED) is 0.583. The van der Waals surface area contributed by atoms with Crippen molar-refractivity contribution in [2.24, 2.45) is 0 Å². The van der Waals surface area contributed by atoms with E-state index in [1.807, 2.05) is 0 Å². The molecule has 3 aromatic rings. The molecule has 1 aliphatic rings. The zero-order valence-electron chi connectivity index (χ0n) is 17.4. The Balaban J connectivity index is 1.81. The largest absolute Gasteiger partial charge is 0.432 e. The number of aliphatic hydroxyl groups excluding tert-OH is 1. The van der Waals surface area contributed by atoms with E-state index in [0.717, 1.165) is 28.6 Å². The first-order chi connectivity index (χ1) is 13.9. The van der Waals surface area contributed by atoms with Gasteiger partial charge in [-0.2, -0.15) is 0 Å². The first kappa shape index (κ1) is 20.0. The molecule has 0 amide bonds. The molecule has 3 aromatic heterocycles. The first-order valence-corrected chi connectivity index (χ1v) is 10.1. The molecule has 0 fully saturated rings. The predicted molar refractivity (Wildman–Crippen MR) is 110 cm³/mol. The van der Waals surface area contributed by atoms with Crippen molar-refractivity contribution >= 4 is 28.0 Å². The van der Waals surface area contributed by atoms with Gasteiger partial charge in [0.05, 0.1) is 43.1 Å². The van der Waals surface area contributed by atoms with Crippen LogP contribution in [0.5, 0.6) is 0 Å². The summed E-state index contributed by atoms with van der Waals surface area (Å²) in [7, 11) is 0. The lowest BCUT2D eigenvalue weighted by Crippen LogP contribution is -2.33. The van der Waals surface area contributed by atoms with Gasteiger partial charge in [0.1, 0.15) is 11.8 Å². The number of nitrogens with zero attached hydrogens (tertiary/aromatic N) is 3. The van der Waals surface area contributed by atoms with E-state index in [1.165, 1.54) is 5.56 Å². The molecule has 4 rings (SSSR count). The molecule has 8 heteroatoms. The molecule has 1 aliphatic heterocycles. The number of pyridine rings is 1. The van der Waals surface area contributed by atoms with Gasteiger partial charge in [0, 0.05) is 18.5 Å². The topological polar surface area (TPSA) is 103 Å². The van der Waals surface area contributed by atoms with E-state index in [4.69, 9.17) is 24.0 Å². The van der Waals surface area contributed by atoms with E-state index in [1.54, 1.807) is 6.33 Å². The lowest BCUT2D eigenvalue weighted by molar-refractivity contribution is -0.0402. The van der Waals surface area contributed by atoms with Crippen LogP contribution in [-0.2, 0) is 22.5 Å². The second-order valence-electron chi connectivity index (χ2n) is 8.28. The number of fused-ring (bicyclic) bond motifs is 5. The standard InChI is InChI=1S/C21H28N4O4/c1-12(2)16-14-10-28-21(3,4)9-13(14)15-17-18(29-20(15)25-16)19(24-11-23-17)22-5-7-27-8-6-26/h11-12,26H,5-10H2,1-4H3,(H,22,23,24). The van der Waals surface area contributed by atoms with Crippen LogP contribution in [-0.4, -0.2) is 52.0 Å². The van der Waals surface area contributed by atoms with Crippen LogP contribution < -0.4 is 5.32 Å². The minimum atomic E-state index is -0.253. The van der Waals surface area contributed by atoms with Crippen LogP contribution in [0.3, 0.4) is 0 Å². The molecule has 29 heavy (non-hydrogen) atoms. The van der Waals surface area contributed by atoms with E-state index in [-0.39, 0.29) is 18.1 Å². The fourth-order valence-electron chi connectivity index (χ4n) is 3.84. The van der Waals surface area contributed by atoms with Crippen LogP contribution in [0, 0.1) is 0 Å². The number of hydrogen-bond donors (Lipinski definition) is 2. The number of hydrogen-bond acceptors (Lipinski definition) is 8. The maximum absolute atomic E-state index is 8.80. The molecule has 0 atom stereocenters. The minimum Gasteiger partial charge on any atom is -0.432 e. The van der Waals surface area contributed by atoms with Gasteiger partial charge in [-0.1, -0.05) is 13.8 Å². The maximum atomic E-state index is 8.80. The van der Waals surface area contributed by atoms with Crippen molar-refractivity contribution in [1.29, 1.82) is 0 Å². The third-order valence-electron chi connectivity index (χ3n) is 5.18. The zero-order valence-corrected chi connectivity index (χ0v) is 17.4. The second kappa shape index (κ2) is 7.85. The van der Waals surface area contributed by atoms with Gasteiger partial charge in [-0.15, -0.1) is 0 Å². The monoisotopic (exact) mass is 400 g/mol. The molecule has 0 saturated heterocycles. The summed E-state index contributed by atoms with van der Waals surface area (Å²) in [6.45, 7) is 10.4. The van der Waals surface area contributed by atoms with Gasteiger partial charge in [0.2, 0.25) is 5.71 Å². The van der Waals surface area contributed by atoms with Crippen LogP contribution in [0.2, 0.25) is 0 Å². The van der Waals surface area contributed by atoms with Crippen LogP contribution in [0.1, 0.15) is 50.4 Å². The molecule has 156 valence electrons. The van der Waals surface area contributed by atoms with Gasteiger partial charge < -0.3 is 24.3 Å². The van der Waals surface area contributed by atoms with Crippen molar-refractivity contribution in [2.45, 2.75) is 52.2 Å². The molecule has 2 N–H and O–H groups in total. The van der Waals surface area contributed by atoms with Crippen molar-refractivity contribution in [3.8, 4) is 0 Å². The zero-order chi connectivity index (χ0) is 20.6. The number of rotatable bonds is 7. The summed E-state index contributed by atoms with van der Waals surface area (Å²) in [4.78, 5) is 13.7. The summed E-state index contributed by atoms with van der Waals surface area (Å²) in [5.74, 6) is 0.880. The highest BCUT2D eigenvalue weighted by atomic mass is 16.5. The highest BCUT2D eigenvalue weighted by Crippen LogP contribution is 2.40. The minimum absolute atomic E-state index is 0.0103. The molecule has 0 unspecified atom stereocenters. The SMILES string of the molecule is CC(C)c1nc2oc3c(NCCOCCO)ncnc3c2c2c1COC(C)(C)C2. The van der Waals surface area contributed by atoms with E-state index in [9.17, 15) is 0 Å². The van der Waals surface area contributed by atoms with Gasteiger partial charge >= 0.3 is 0 Å². The van der Waals surface area contributed by atoms with Gasteiger partial charge in [-0.3, -0.25) is 0 Å². The van der Waals surface area contributed by atoms with Crippen molar-refractivity contribution in [1.82, 2.24) is 15.0 Å². The Morgan fingerprint density at radius 2 is 2.07 bits per heavy atom. The Morgan fingerprint density at radius 3 is 2.83 bits per heavy atom. The average molecular weight is 400 g/mol. The number of ether oxygens (including phenoxy) is 2. The summed E-state index contributed by atoms with van der Waals surface area (Å²) in [5.41, 5.74) is 5.10. The second-order valence-corrected chi connectivity index (χ2v) is 8.28. The third kappa shape index (κ3) is 3.80. The van der Waals surface area contributed by atoms with Crippen LogP contribution in [0.15, 0.2) is 10.7 Å². The smallest absolute Gasteiger partial charge is 0.229 e. The number of aromatic nitrogens is 3. The highest BCUT2D eigenvalue weighted by molar-refractivity contribution is 6.06. The lowest BCUT2D eigenvalue weighted by atomic mass is 9.87. The first-order valence-electron chi connectivity index (χ1n) is 10.1. The molecule has 0 saturated carbocycles. The van der Waals surface area contributed by atoms with Gasteiger partial charge in [0.25, 0.3) is 0 Å². The van der Waals surface area contributed by atoms with E-state index in [2.05, 4.69) is 43.0 Å². The Kier molecular flexibility index (Phi) is 5.42. The molecule has 4 heterocycles. The lowest BCUT2D eigenvalue weighted by Gasteiger charge is -2.33. The van der Waals surface area contributed by atoms with E-state index >= 15 is 0 Å². The molecule has 0 aromatic carbocycles. The van der Waals surface area contributed by atoms with E-state index < -0.39 is 0 Å². The third-order valence-corrected chi connectivity index (χ3v) is 5.18. The Morgan fingerprint density at radius 1 is 1.24 bits per heavy atom. The molecule has 8 nitrogen and oxygen atoms in total. The average Bonchev–Trinajstić information content (AvgIpc) is 3.06. The van der Waals surface area contributed by atoms with Crippen LogP contribution in [0.4, 0.5) is 5.82 Å². The van der Waals surface area contributed by atoms with Crippen molar-refractivity contribution in [3.05, 3.63) is 23.1 Å². The van der Waals surface area contributed by atoms with Gasteiger partial charge in [0.15, 0.2) is 11.4 Å². The molecule has 0 radical (unpaired) electrons. The molecule has 0 bridgehead atoms. The van der Waals surface area contributed by atoms with Crippen molar-refractivity contribution < 1.29 is 19.0 Å². The Hall–Kier alpha value is -2.29. The number of furan rings is 1. The summed E-state index contributed by atoms with van der Waals surface area (Å²) in [6, 6.07) is 0. The highest BCUT2D eigenvalue weighted by Gasteiger charge is 2.32. The number of nitrogens with one attached hydrogen (secondary N) is 1. The molecule has 0 spiro atoms. The molecule has 0 aliphatic carbocycles. The Bertz CT molecular complexity index is 1030. The van der Waals surface area contributed by atoms with Gasteiger partial charge in [-0.05, 0) is 25.3 Å². The van der Waals surface area contributed by atoms with Crippen LogP contribution in [0.25, 0.3) is 22.2 Å². The molecular formula is C21H28N4O4.